The Kier molecular flexibility index (Phi) is 2.10. The monoisotopic (exact) mass is 122 g/mol. The van der Waals surface area contributed by atoms with E-state index in [-0.39, 0.29) is 0 Å². The van der Waals surface area contributed by atoms with Gasteiger partial charge in [0.05, 0.1) is 0 Å². The quantitative estimate of drug-likeness (QED) is 0.531. The van der Waals surface area contributed by atoms with Crippen molar-refractivity contribution in [2.24, 2.45) is 5.73 Å². The molecule has 48 valence electrons. The lowest BCUT2D eigenvalue weighted by Gasteiger charge is -1.99. The summed E-state index contributed by atoms with van der Waals surface area (Å²) >= 11 is 0. The Balaban J connectivity index is 2.62. The second kappa shape index (κ2) is 3.10. The first-order chi connectivity index (χ1) is 4.43. The zero-order chi connectivity index (χ0) is 6.53. The highest BCUT2D eigenvalue weighted by molar-refractivity contribution is 5.21. The lowest BCUT2D eigenvalue weighted by Crippen LogP contribution is -2.14. The largest absolute Gasteiger partial charge is 0.364 e. The van der Waals surface area contributed by atoms with Gasteiger partial charge < -0.3 is 11.1 Å². The average Bonchev–Trinajstić information content (AvgIpc) is 2.13. The van der Waals surface area contributed by atoms with Crippen LogP contribution in [0.4, 0.5) is 0 Å². The topological polar surface area (TPSA) is 38.0 Å². The first-order valence-corrected chi connectivity index (χ1v) is 2.92. The Morgan fingerprint density at radius 3 is 3.00 bits per heavy atom. The molecule has 0 unspecified atom stereocenters. The van der Waals surface area contributed by atoms with Gasteiger partial charge in [-0.25, -0.2) is 0 Å². The number of hydrogen-bond donors (Lipinski definition) is 2. The van der Waals surface area contributed by atoms with Crippen molar-refractivity contribution in [3.63, 3.8) is 0 Å². The summed E-state index contributed by atoms with van der Waals surface area (Å²) in [5.41, 5.74) is 6.42. The van der Waals surface area contributed by atoms with Crippen molar-refractivity contribution in [1.82, 2.24) is 5.32 Å². The van der Waals surface area contributed by atoms with Crippen LogP contribution in [0.25, 0.3) is 0 Å². The van der Waals surface area contributed by atoms with Crippen molar-refractivity contribution in [2.45, 2.75) is 0 Å². The van der Waals surface area contributed by atoms with E-state index in [4.69, 9.17) is 5.73 Å². The minimum atomic E-state index is 0.564. The van der Waals surface area contributed by atoms with Crippen LogP contribution in [0, 0.1) is 0 Å². The van der Waals surface area contributed by atoms with E-state index in [1.807, 2.05) is 30.5 Å². The number of nitrogens with one attached hydrogen (secondary N) is 1. The molecule has 0 aromatic heterocycles. The fourth-order valence-electron chi connectivity index (χ4n) is 0.622. The van der Waals surface area contributed by atoms with Crippen molar-refractivity contribution < 1.29 is 0 Å². The van der Waals surface area contributed by atoms with Gasteiger partial charge in [-0.15, -0.1) is 0 Å². The summed E-state index contributed by atoms with van der Waals surface area (Å²) in [5, 5.41) is 3.02. The minimum Gasteiger partial charge on any atom is -0.364 e. The summed E-state index contributed by atoms with van der Waals surface area (Å²) < 4.78 is 0. The van der Waals surface area contributed by atoms with E-state index in [2.05, 4.69) is 5.32 Å². The van der Waals surface area contributed by atoms with Gasteiger partial charge in [0.25, 0.3) is 0 Å². The van der Waals surface area contributed by atoms with Gasteiger partial charge in [-0.2, -0.15) is 0 Å². The molecule has 2 heteroatoms. The Hall–Kier alpha value is -1.02. The zero-order valence-electron chi connectivity index (χ0n) is 5.17. The van der Waals surface area contributed by atoms with Crippen LogP contribution < -0.4 is 11.1 Å². The van der Waals surface area contributed by atoms with Gasteiger partial charge >= 0.3 is 0 Å². The minimum absolute atomic E-state index is 0.564. The average molecular weight is 122 g/mol. The fourth-order valence-corrected chi connectivity index (χ4v) is 0.622. The zero-order valence-corrected chi connectivity index (χ0v) is 5.17. The Morgan fingerprint density at radius 2 is 2.22 bits per heavy atom. The summed E-state index contributed by atoms with van der Waals surface area (Å²) in [6.45, 7) is 0.564. The number of rotatable bonds is 1. The summed E-state index contributed by atoms with van der Waals surface area (Å²) in [6.07, 6.45) is 9.66. The lowest BCUT2D eigenvalue weighted by molar-refractivity contribution is 0.977. The summed E-state index contributed by atoms with van der Waals surface area (Å²) in [5.74, 6) is 0. The SMILES string of the molecule is NCC1=CC=CC=CN1. The third-order valence-electron chi connectivity index (χ3n) is 1.10. The van der Waals surface area contributed by atoms with Crippen LogP contribution in [-0.2, 0) is 0 Å². The van der Waals surface area contributed by atoms with Crippen molar-refractivity contribution in [3.8, 4) is 0 Å². The van der Waals surface area contributed by atoms with Crippen LogP contribution in [0.5, 0.6) is 0 Å². The molecule has 0 saturated heterocycles. The van der Waals surface area contributed by atoms with Crippen molar-refractivity contribution in [1.29, 1.82) is 0 Å². The van der Waals surface area contributed by atoms with E-state index in [9.17, 15) is 0 Å². The molecule has 9 heavy (non-hydrogen) atoms. The summed E-state index contributed by atoms with van der Waals surface area (Å²) in [4.78, 5) is 0. The van der Waals surface area contributed by atoms with Crippen LogP contribution in [0.3, 0.4) is 0 Å². The summed E-state index contributed by atoms with van der Waals surface area (Å²) in [7, 11) is 0. The Labute approximate surface area is 54.7 Å². The lowest BCUT2D eigenvalue weighted by atomic mass is 10.4. The predicted octanol–water partition coefficient (Wildman–Crippen LogP) is 0.502. The fraction of sp³-hybridized carbons (Fsp3) is 0.143. The molecule has 0 aliphatic carbocycles. The molecule has 0 amide bonds. The molecule has 0 saturated carbocycles. The van der Waals surface area contributed by atoms with Gasteiger partial charge in [0.1, 0.15) is 0 Å². The second-order valence-electron chi connectivity index (χ2n) is 1.78. The van der Waals surface area contributed by atoms with Crippen LogP contribution >= 0.6 is 0 Å². The van der Waals surface area contributed by atoms with Crippen molar-refractivity contribution >= 4 is 0 Å². The van der Waals surface area contributed by atoms with Gasteiger partial charge in [-0.05, 0) is 12.2 Å². The van der Waals surface area contributed by atoms with Crippen LogP contribution in [-0.4, -0.2) is 6.54 Å². The first kappa shape index (κ1) is 6.11. The highest BCUT2D eigenvalue weighted by Gasteiger charge is 1.87. The maximum absolute atomic E-state index is 5.37. The second-order valence-corrected chi connectivity index (χ2v) is 1.78. The Bertz CT molecular complexity index is 166. The maximum Gasteiger partial charge on any atom is 0.0332 e. The molecular weight excluding hydrogens is 112 g/mol. The molecule has 0 fully saturated rings. The van der Waals surface area contributed by atoms with E-state index in [0.29, 0.717) is 6.54 Å². The van der Waals surface area contributed by atoms with Gasteiger partial charge in [-0.1, -0.05) is 12.2 Å². The number of nitrogens with two attached hydrogens (primary N) is 1. The Morgan fingerprint density at radius 1 is 1.33 bits per heavy atom. The molecular formula is C7H10N2. The molecule has 1 rings (SSSR count). The van der Waals surface area contributed by atoms with Crippen LogP contribution in [0.2, 0.25) is 0 Å². The molecule has 1 heterocycles. The molecule has 1 aliphatic heterocycles. The standard InChI is InChI=1S/C7H10N2/c8-6-7-4-2-1-3-5-9-7/h1-5,9H,6,8H2. The molecule has 1 aliphatic rings. The molecule has 0 bridgehead atoms. The molecule has 0 aromatic rings. The smallest absolute Gasteiger partial charge is 0.0332 e. The number of hydrogen-bond acceptors (Lipinski definition) is 2. The summed E-state index contributed by atoms with van der Waals surface area (Å²) in [6, 6.07) is 0. The first-order valence-electron chi connectivity index (χ1n) is 2.92. The van der Waals surface area contributed by atoms with E-state index in [1.54, 1.807) is 0 Å². The van der Waals surface area contributed by atoms with E-state index in [1.165, 1.54) is 0 Å². The molecule has 0 spiro atoms. The van der Waals surface area contributed by atoms with E-state index >= 15 is 0 Å². The van der Waals surface area contributed by atoms with Crippen molar-refractivity contribution in [3.05, 3.63) is 36.2 Å². The van der Waals surface area contributed by atoms with Crippen LogP contribution in [0.15, 0.2) is 36.2 Å². The van der Waals surface area contributed by atoms with Crippen LogP contribution in [0.1, 0.15) is 0 Å². The van der Waals surface area contributed by atoms with Gasteiger partial charge in [0.2, 0.25) is 0 Å². The van der Waals surface area contributed by atoms with Crippen molar-refractivity contribution in [2.75, 3.05) is 6.54 Å². The molecule has 3 N–H and O–H groups in total. The van der Waals surface area contributed by atoms with Gasteiger partial charge in [0, 0.05) is 18.4 Å². The maximum atomic E-state index is 5.37. The van der Waals surface area contributed by atoms with Gasteiger partial charge in [-0.3, -0.25) is 0 Å². The molecule has 0 radical (unpaired) electrons. The highest BCUT2D eigenvalue weighted by Crippen LogP contribution is 1.91. The molecule has 0 aromatic carbocycles. The number of allylic oxidation sites excluding steroid dienone is 4. The third kappa shape index (κ3) is 1.74. The van der Waals surface area contributed by atoms with Gasteiger partial charge in [0.15, 0.2) is 0 Å². The molecule has 2 nitrogen and oxygen atoms in total. The molecule has 0 atom stereocenters. The van der Waals surface area contributed by atoms with E-state index < -0.39 is 0 Å². The highest BCUT2D eigenvalue weighted by atomic mass is 14.9. The van der Waals surface area contributed by atoms with E-state index in [0.717, 1.165) is 5.70 Å². The normalized spacial score (nSPS) is 16.3. The third-order valence-corrected chi connectivity index (χ3v) is 1.10. The predicted molar refractivity (Wildman–Crippen MR) is 38.6 cm³/mol.